The van der Waals surface area contributed by atoms with Crippen molar-refractivity contribution in [2.24, 2.45) is 5.92 Å². The van der Waals surface area contributed by atoms with Crippen molar-refractivity contribution in [1.29, 1.82) is 0 Å². The number of β-amino-alcohol motifs (C(OH)–C–C–N with tert-alkyl or cyclic N) is 1. The first-order valence-corrected chi connectivity index (χ1v) is 22.9. The number of carbonyl (C=O) groups excluding carboxylic acids is 1. The number of likely N-dealkylation sites (tertiary alicyclic amines) is 1. The van der Waals surface area contributed by atoms with Crippen molar-refractivity contribution in [3.63, 3.8) is 0 Å². The Labute approximate surface area is 318 Å². The van der Waals surface area contributed by atoms with Crippen molar-refractivity contribution in [1.82, 2.24) is 4.90 Å². The summed E-state index contributed by atoms with van der Waals surface area (Å²) in [6.07, 6.45) is 42.2. The third kappa shape index (κ3) is 27.2. The highest BCUT2D eigenvalue weighted by atomic mass is 16.5. The van der Waals surface area contributed by atoms with Crippen LogP contribution in [0.1, 0.15) is 233 Å². The van der Waals surface area contributed by atoms with Gasteiger partial charge in [-0.3, -0.25) is 9.69 Å². The number of allylic oxidation sites excluding steroid dienone is 2. The largest absolute Gasteiger partial charge is 0.495 e. The van der Waals surface area contributed by atoms with Crippen molar-refractivity contribution < 1.29 is 19.4 Å². The van der Waals surface area contributed by atoms with E-state index in [1.807, 2.05) is 0 Å². The molecule has 0 bridgehead atoms. The summed E-state index contributed by atoms with van der Waals surface area (Å²) in [4.78, 5) is 14.9. The molecule has 0 aromatic carbocycles. The molecular weight excluding hydrogens is 631 g/mol. The second-order valence-electron chi connectivity index (χ2n) is 16.0. The van der Waals surface area contributed by atoms with Gasteiger partial charge in [-0.1, -0.05) is 143 Å². The highest BCUT2D eigenvalue weighted by molar-refractivity contribution is 5.69. The molecule has 1 rings (SSSR count). The molecule has 302 valence electrons. The summed E-state index contributed by atoms with van der Waals surface area (Å²) < 4.78 is 12.3. The van der Waals surface area contributed by atoms with Gasteiger partial charge < -0.3 is 14.6 Å². The van der Waals surface area contributed by atoms with Gasteiger partial charge in [-0.15, -0.1) is 0 Å². The topological polar surface area (TPSA) is 59.0 Å². The Morgan fingerprint density at radius 2 is 1.22 bits per heavy atom. The summed E-state index contributed by atoms with van der Waals surface area (Å²) in [6.45, 7) is 11.7. The molecule has 1 saturated heterocycles. The quantitative estimate of drug-likeness (QED) is 0.0393. The van der Waals surface area contributed by atoms with Crippen LogP contribution in [0.3, 0.4) is 0 Å². The van der Waals surface area contributed by atoms with Crippen LogP contribution >= 0.6 is 0 Å². The Morgan fingerprint density at radius 1 is 0.686 bits per heavy atom. The molecule has 1 heterocycles. The highest BCUT2D eigenvalue weighted by Crippen LogP contribution is 2.32. The first-order valence-electron chi connectivity index (χ1n) is 22.9. The first kappa shape index (κ1) is 48.0. The zero-order chi connectivity index (χ0) is 37.0. The molecule has 0 aromatic heterocycles. The lowest BCUT2D eigenvalue weighted by Gasteiger charge is -2.41. The first-order chi connectivity index (χ1) is 25.1. The molecule has 0 amide bonds. The SMILES string of the molecule is C/C=C(\CCCCCC1CCCN(CCO)C1CCCCC(=O)OCCCCCCCCC)OC(CCCCCCCC)CCCCCCCC. The van der Waals surface area contributed by atoms with Gasteiger partial charge in [-0.25, -0.2) is 0 Å². The number of hydrogen-bond donors (Lipinski definition) is 1. The fourth-order valence-corrected chi connectivity index (χ4v) is 8.25. The van der Waals surface area contributed by atoms with Crippen LogP contribution < -0.4 is 0 Å². The van der Waals surface area contributed by atoms with Crippen LogP contribution in [0.4, 0.5) is 0 Å². The summed E-state index contributed by atoms with van der Waals surface area (Å²) in [6, 6.07) is 0.536. The lowest BCUT2D eigenvalue weighted by Crippen LogP contribution is -2.46. The summed E-state index contributed by atoms with van der Waals surface area (Å²) in [5.74, 6) is 1.91. The minimum absolute atomic E-state index is 0.0194. The molecule has 5 nitrogen and oxygen atoms in total. The fraction of sp³-hybridized carbons (Fsp3) is 0.935. The van der Waals surface area contributed by atoms with Gasteiger partial charge in [0.2, 0.25) is 0 Å². The number of hydrogen-bond acceptors (Lipinski definition) is 5. The molecule has 1 N–H and O–H groups in total. The molecule has 1 aliphatic rings. The number of unbranched alkanes of at least 4 members (excludes halogenated alkanes) is 19. The van der Waals surface area contributed by atoms with Gasteiger partial charge in [-0.05, 0) is 96.1 Å². The number of nitrogens with zero attached hydrogens (tertiary/aromatic N) is 1. The minimum Gasteiger partial charge on any atom is -0.495 e. The van der Waals surface area contributed by atoms with Crippen molar-refractivity contribution >= 4 is 5.97 Å². The van der Waals surface area contributed by atoms with Gasteiger partial charge in [0.05, 0.1) is 25.1 Å². The maximum absolute atomic E-state index is 12.3. The predicted molar refractivity (Wildman–Crippen MR) is 220 cm³/mol. The molecule has 5 heteroatoms. The molecule has 0 saturated carbocycles. The second-order valence-corrected chi connectivity index (χ2v) is 16.0. The van der Waals surface area contributed by atoms with Gasteiger partial charge in [-0.2, -0.15) is 0 Å². The average molecular weight is 720 g/mol. The second kappa shape index (κ2) is 35.9. The summed E-state index contributed by atoms with van der Waals surface area (Å²) >= 11 is 0. The molecule has 1 fully saturated rings. The van der Waals surface area contributed by atoms with Crippen LogP contribution in [0, 0.1) is 5.92 Å². The molecular formula is C46H89NO4. The van der Waals surface area contributed by atoms with Crippen LogP contribution in [0.2, 0.25) is 0 Å². The molecule has 1 aliphatic heterocycles. The van der Waals surface area contributed by atoms with Crippen LogP contribution in [0.15, 0.2) is 11.8 Å². The summed E-state index contributed by atoms with van der Waals surface area (Å²) in [5, 5.41) is 9.79. The number of carbonyl (C=O) groups is 1. The zero-order valence-corrected chi connectivity index (χ0v) is 34.9. The number of esters is 1. The van der Waals surface area contributed by atoms with E-state index in [9.17, 15) is 9.90 Å². The lowest BCUT2D eigenvalue weighted by molar-refractivity contribution is -0.143. The van der Waals surface area contributed by atoms with E-state index in [1.54, 1.807) is 0 Å². The van der Waals surface area contributed by atoms with Gasteiger partial charge >= 0.3 is 5.97 Å². The number of ether oxygens (including phenoxy) is 2. The summed E-state index contributed by atoms with van der Waals surface area (Å²) in [5.41, 5.74) is 0. The van der Waals surface area contributed by atoms with Crippen LogP contribution in [-0.2, 0) is 14.3 Å². The van der Waals surface area contributed by atoms with E-state index in [-0.39, 0.29) is 12.6 Å². The average Bonchev–Trinajstić information content (AvgIpc) is 3.13. The highest BCUT2D eigenvalue weighted by Gasteiger charge is 2.30. The third-order valence-electron chi connectivity index (χ3n) is 11.5. The molecule has 2 atom stereocenters. The minimum atomic E-state index is -0.0194. The van der Waals surface area contributed by atoms with Crippen molar-refractivity contribution in [3.05, 3.63) is 11.8 Å². The molecule has 0 radical (unpaired) electrons. The van der Waals surface area contributed by atoms with Crippen LogP contribution in [0.5, 0.6) is 0 Å². The predicted octanol–water partition coefficient (Wildman–Crippen LogP) is 13.7. The standard InChI is InChI=1S/C46H89NO4/c1-5-9-12-15-18-21-29-41-50-46(49)37-28-27-36-45-42(32-30-38-47(45)39-40-48)31-23-22-26-33-43(8-4)51-44(34-24-19-16-13-10-6-2)35-25-20-17-14-11-7-3/h8,42,44-45,48H,5-7,9-41H2,1-4H3/b43-8+. The van der Waals surface area contributed by atoms with Crippen LogP contribution in [-0.4, -0.2) is 54.4 Å². The molecule has 2 unspecified atom stereocenters. The number of piperidine rings is 1. The van der Waals surface area contributed by atoms with E-state index in [0.29, 0.717) is 31.1 Å². The monoisotopic (exact) mass is 720 g/mol. The maximum atomic E-state index is 12.3. The number of aliphatic hydroxyl groups excluding tert-OH is 1. The van der Waals surface area contributed by atoms with Gasteiger partial charge in [0.25, 0.3) is 0 Å². The van der Waals surface area contributed by atoms with Crippen molar-refractivity contribution in [2.45, 2.75) is 245 Å². The zero-order valence-electron chi connectivity index (χ0n) is 34.9. The van der Waals surface area contributed by atoms with E-state index >= 15 is 0 Å². The molecule has 0 aliphatic carbocycles. The van der Waals surface area contributed by atoms with E-state index in [2.05, 4.69) is 38.7 Å². The third-order valence-corrected chi connectivity index (χ3v) is 11.5. The van der Waals surface area contributed by atoms with E-state index in [4.69, 9.17) is 9.47 Å². The Bertz CT molecular complexity index is 767. The smallest absolute Gasteiger partial charge is 0.305 e. The molecule has 0 spiro atoms. The Kier molecular flexibility index (Phi) is 33.8. The normalized spacial score (nSPS) is 17.0. The Balaban J connectivity index is 2.42. The Morgan fingerprint density at radius 3 is 1.80 bits per heavy atom. The van der Waals surface area contributed by atoms with Crippen molar-refractivity contribution in [2.75, 3.05) is 26.3 Å². The van der Waals surface area contributed by atoms with Crippen molar-refractivity contribution in [3.8, 4) is 0 Å². The van der Waals surface area contributed by atoms with Gasteiger partial charge in [0.1, 0.15) is 0 Å². The maximum Gasteiger partial charge on any atom is 0.305 e. The molecule has 51 heavy (non-hydrogen) atoms. The fourth-order valence-electron chi connectivity index (χ4n) is 8.25. The Hall–Kier alpha value is -1.07. The van der Waals surface area contributed by atoms with Crippen LogP contribution in [0.25, 0.3) is 0 Å². The number of rotatable bonds is 37. The van der Waals surface area contributed by atoms with Gasteiger partial charge in [0.15, 0.2) is 0 Å². The number of aliphatic hydroxyl groups is 1. The summed E-state index contributed by atoms with van der Waals surface area (Å²) in [7, 11) is 0. The van der Waals surface area contributed by atoms with E-state index < -0.39 is 0 Å². The van der Waals surface area contributed by atoms with E-state index in [0.717, 1.165) is 45.2 Å². The van der Waals surface area contributed by atoms with E-state index in [1.165, 1.54) is 173 Å². The van der Waals surface area contributed by atoms with Gasteiger partial charge in [0, 0.05) is 25.4 Å². The molecule has 0 aromatic rings. The lowest BCUT2D eigenvalue weighted by atomic mass is 9.82.